The van der Waals surface area contributed by atoms with E-state index in [0.717, 1.165) is 5.75 Å². The molecule has 1 unspecified atom stereocenters. The Labute approximate surface area is 135 Å². The topological polar surface area (TPSA) is 64.6 Å². The summed E-state index contributed by atoms with van der Waals surface area (Å²) in [5.74, 6) is 0.576. The van der Waals surface area contributed by atoms with Crippen LogP contribution in [0.2, 0.25) is 0 Å². The fourth-order valence-corrected chi connectivity index (χ4v) is 2.01. The molecule has 1 atom stereocenters. The van der Waals surface area contributed by atoms with Crippen molar-refractivity contribution in [1.82, 2.24) is 5.32 Å². The molecule has 0 radical (unpaired) electrons. The Hall–Kier alpha value is -2.82. The lowest BCUT2D eigenvalue weighted by Crippen LogP contribution is -2.40. The van der Waals surface area contributed by atoms with Crippen molar-refractivity contribution in [3.8, 4) is 11.5 Å². The lowest BCUT2D eigenvalue weighted by atomic mass is 10.1. The second-order valence-electron chi connectivity index (χ2n) is 4.90. The summed E-state index contributed by atoms with van der Waals surface area (Å²) in [6.45, 7) is 1.80. The third-order valence-electron chi connectivity index (χ3n) is 3.29. The maximum absolute atomic E-state index is 12.1. The van der Waals surface area contributed by atoms with Crippen molar-refractivity contribution in [2.24, 2.45) is 0 Å². The van der Waals surface area contributed by atoms with Crippen LogP contribution in [0.4, 0.5) is 0 Å². The van der Waals surface area contributed by atoms with Gasteiger partial charge < -0.3 is 14.8 Å². The van der Waals surface area contributed by atoms with Crippen molar-refractivity contribution in [2.45, 2.75) is 19.4 Å². The van der Waals surface area contributed by atoms with Crippen LogP contribution in [0.25, 0.3) is 0 Å². The highest BCUT2D eigenvalue weighted by Gasteiger charge is 2.19. The standard InChI is InChI=1S/C18H19NO4/c1-3-16(18(21)22-2)19-17(20)13-9-11-15(12-10-13)23-14-7-5-4-6-8-14/h4-12,16H,3H2,1-2H3,(H,19,20). The number of para-hydroxylation sites is 1. The van der Waals surface area contributed by atoms with E-state index in [2.05, 4.69) is 10.1 Å². The average Bonchev–Trinajstić information content (AvgIpc) is 2.60. The molecule has 2 rings (SSSR count). The van der Waals surface area contributed by atoms with E-state index in [4.69, 9.17) is 4.74 Å². The molecule has 5 nitrogen and oxygen atoms in total. The molecule has 0 saturated heterocycles. The third-order valence-corrected chi connectivity index (χ3v) is 3.29. The molecule has 2 aromatic carbocycles. The normalized spacial score (nSPS) is 11.4. The quantitative estimate of drug-likeness (QED) is 0.832. The Morgan fingerprint density at radius 3 is 2.17 bits per heavy atom. The molecule has 0 saturated carbocycles. The van der Waals surface area contributed by atoms with E-state index in [0.29, 0.717) is 17.7 Å². The SMILES string of the molecule is CCC(NC(=O)c1ccc(Oc2ccccc2)cc1)C(=O)OC. The van der Waals surface area contributed by atoms with Crippen LogP contribution in [0.1, 0.15) is 23.7 Å². The zero-order chi connectivity index (χ0) is 16.7. The Kier molecular flexibility index (Phi) is 5.74. The van der Waals surface area contributed by atoms with Crippen LogP contribution in [0.3, 0.4) is 0 Å². The first-order valence-electron chi connectivity index (χ1n) is 7.35. The second kappa shape index (κ2) is 7.98. The van der Waals surface area contributed by atoms with Gasteiger partial charge in [-0.05, 0) is 42.8 Å². The van der Waals surface area contributed by atoms with Crippen molar-refractivity contribution in [3.05, 3.63) is 60.2 Å². The molecule has 23 heavy (non-hydrogen) atoms. The molecular weight excluding hydrogens is 294 g/mol. The minimum Gasteiger partial charge on any atom is -0.467 e. The first kappa shape index (κ1) is 16.5. The summed E-state index contributed by atoms with van der Waals surface area (Å²) in [5.41, 5.74) is 0.452. The molecule has 2 aromatic rings. The van der Waals surface area contributed by atoms with Gasteiger partial charge in [0.1, 0.15) is 17.5 Å². The molecule has 120 valence electrons. The zero-order valence-electron chi connectivity index (χ0n) is 13.1. The molecule has 0 fully saturated rings. The molecule has 0 spiro atoms. The summed E-state index contributed by atoms with van der Waals surface area (Å²) in [7, 11) is 1.30. The van der Waals surface area contributed by atoms with Crippen LogP contribution in [-0.2, 0) is 9.53 Å². The fraction of sp³-hybridized carbons (Fsp3) is 0.222. The zero-order valence-corrected chi connectivity index (χ0v) is 13.1. The molecule has 0 aliphatic rings. The van der Waals surface area contributed by atoms with E-state index < -0.39 is 12.0 Å². The number of carbonyl (C=O) groups excluding carboxylic acids is 2. The van der Waals surface area contributed by atoms with Crippen molar-refractivity contribution < 1.29 is 19.1 Å². The first-order valence-corrected chi connectivity index (χ1v) is 7.35. The number of nitrogens with one attached hydrogen (secondary N) is 1. The average molecular weight is 313 g/mol. The lowest BCUT2D eigenvalue weighted by Gasteiger charge is -2.14. The number of amides is 1. The number of ether oxygens (including phenoxy) is 2. The smallest absolute Gasteiger partial charge is 0.328 e. The lowest BCUT2D eigenvalue weighted by molar-refractivity contribution is -0.142. The van der Waals surface area contributed by atoms with Crippen LogP contribution in [-0.4, -0.2) is 25.0 Å². The van der Waals surface area contributed by atoms with E-state index >= 15 is 0 Å². The van der Waals surface area contributed by atoms with E-state index in [1.807, 2.05) is 30.3 Å². The molecule has 0 bridgehead atoms. The van der Waals surface area contributed by atoms with E-state index in [1.54, 1.807) is 31.2 Å². The van der Waals surface area contributed by atoms with Gasteiger partial charge >= 0.3 is 5.97 Å². The van der Waals surface area contributed by atoms with Gasteiger partial charge in [0.15, 0.2) is 0 Å². The number of benzene rings is 2. The maximum atomic E-state index is 12.1. The summed E-state index contributed by atoms with van der Waals surface area (Å²) in [5, 5.41) is 2.65. The van der Waals surface area contributed by atoms with Crippen LogP contribution in [0.15, 0.2) is 54.6 Å². The number of methoxy groups -OCH3 is 1. The number of carbonyl (C=O) groups is 2. The van der Waals surface area contributed by atoms with Gasteiger partial charge in [-0.3, -0.25) is 4.79 Å². The summed E-state index contributed by atoms with van der Waals surface area (Å²) in [4.78, 5) is 23.7. The summed E-state index contributed by atoms with van der Waals surface area (Å²) in [6, 6.07) is 15.4. The Balaban J connectivity index is 2.01. The molecule has 0 aliphatic carbocycles. The van der Waals surface area contributed by atoms with Crippen molar-refractivity contribution in [2.75, 3.05) is 7.11 Å². The molecule has 0 heterocycles. The summed E-state index contributed by atoms with van der Waals surface area (Å²) in [6.07, 6.45) is 0.466. The van der Waals surface area contributed by atoms with Gasteiger partial charge in [-0.15, -0.1) is 0 Å². The van der Waals surface area contributed by atoms with Crippen LogP contribution in [0.5, 0.6) is 11.5 Å². The third kappa shape index (κ3) is 4.57. The highest BCUT2D eigenvalue weighted by molar-refractivity contribution is 5.96. The molecule has 0 aliphatic heterocycles. The van der Waals surface area contributed by atoms with Crippen LogP contribution >= 0.6 is 0 Å². The van der Waals surface area contributed by atoms with Gasteiger partial charge in [0, 0.05) is 5.56 Å². The molecule has 0 aromatic heterocycles. The van der Waals surface area contributed by atoms with Crippen molar-refractivity contribution >= 4 is 11.9 Å². The first-order chi connectivity index (χ1) is 11.1. The van der Waals surface area contributed by atoms with E-state index in [9.17, 15) is 9.59 Å². The summed E-state index contributed by atoms with van der Waals surface area (Å²) < 4.78 is 10.3. The van der Waals surface area contributed by atoms with Crippen LogP contribution < -0.4 is 10.1 Å². The number of esters is 1. The molecule has 1 amide bonds. The molecule has 5 heteroatoms. The van der Waals surface area contributed by atoms with Gasteiger partial charge in [-0.25, -0.2) is 4.79 Å². The predicted molar refractivity (Wildman–Crippen MR) is 86.5 cm³/mol. The monoisotopic (exact) mass is 313 g/mol. The number of hydrogen-bond acceptors (Lipinski definition) is 4. The minimum atomic E-state index is -0.646. The Bertz CT molecular complexity index is 652. The number of rotatable bonds is 6. The maximum Gasteiger partial charge on any atom is 0.328 e. The van der Waals surface area contributed by atoms with Gasteiger partial charge in [0.2, 0.25) is 0 Å². The van der Waals surface area contributed by atoms with Gasteiger partial charge in [0.05, 0.1) is 7.11 Å². The minimum absolute atomic E-state index is 0.325. The highest BCUT2D eigenvalue weighted by atomic mass is 16.5. The van der Waals surface area contributed by atoms with Crippen molar-refractivity contribution in [3.63, 3.8) is 0 Å². The van der Waals surface area contributed by atoms with Gasteiger partial charge in [-0.2, -0.15) is 0 Å². The highest BCUT2D eigenvalue weighted by Crippen LogP contribution is 2.21. The van der Waals surface area contributed by atoms with Gasteiger partial charge in [0.25, 0.3) is 5.91 Å². The predicted octanol–water partition coefficient (Wildman–Crippen LogP) is 3.16. The second-order valence-corrected chi connectivity index (χ2v) is 4.90. The van der Waals surface area contributed by atoms with E-state index in [-0.39, 0.29) is 5.91 Å². The van der Waals surface area contributed by atoms with Crippen molar-refractivity contribution in [1.29, 1.82) is 0 Å². The number of hydrogen-bond donors (Lipinski definition) is 1. The van der Waals surface area contributed by atoms with Gasteiger partial charge in [-0.1, -0.05) is 25.1 Å². The van der Waals surface area contributed by atoms with E-state index in [1.165, 1.54) is 7.11 Å². The largest absolute Gasteiger partial charge is 0.467 e. The Morgan fingerprint density at radius 2 is 1.61 bits per heavy atom. The summed E-state index contributed by atoms with van der Waals surface area (Å²) >= 11 is 0. The Morgan fingerprint density at radius 1 is 1.00 bits per heavy atom. The molecular formula is C18H19NO4. The van der Waals surface area contributed by atoms with Crippen LogP contribution in [0, 0.1) is 0 Å². The fourth-order valence-electron chi connectivity index (χ4n) is 2.01. The molecule has 1 N–H and O–H groups in total.